The summed E-state index contributed by atoms with van der Waals surface area (Å²) in [5.41, 5.74) is 3.89. The van der Waals surface area contributed by atoms with Crippen molar-refractivity contribution in [1.82, 2.24) is 44.7 Å². The van der Waals surface area contributed by atoms with E-state index in [2.05, 4.69) is 37.3 Å². The van der Waals surface area contributed by atoms with Crippen LogP contribution in [0.3, 0.4) is 0 Å². The second-order valence-corrected chi connectivity index (χ2v) is 15.5. The van der Waals surface area contributed by atoms with Crippen LogP contribution in [0.5, 0.6) is 0 Å². The Labute approximate surface area is 314 Å². The maximum atomic E-state index is 14.8. The van der Waals surface area contributed by atoms with E-state index < -0.39 is 18.1 Å². The number of aromatic nitrogens is 6. The predicted molar refractivity (Wildman–Crippen MR) is 207 cm³/mol. The first kappa shape index (κ1) is 39.9. The molecule has 0 spiro atoms. The minimum Gasteiger partial charge on any atom is -0.391 e. The molecule has 2 N–H and O–H groups in total. The topological polar surface area (TPSA) is 142 Å². The third-order valence-corrected chi connectivity index (χ3v) is 10.7. The molecule has 12 nitrogen and oxygen atoms in total. The van der Waals surface area contributed by atoms with Gasteiger partial charge >= 0.3 is 0 Å². The van der Waals surface area contributed by atoms with E-state index >= 15 is 0 Å². The van der Waals surface area contributed by atoms with E-state index in [0.717, 1.165) is 61.2 Å². The van der Waals surface area contributed by atoms with Crippen LogP contribution >= 0.6 is 0 Å². The van der Waals surface area contributed by atoms with Crippen LogP contribution in [0.15, 0.2) is 55.2 Å². The molecule has 1 saturated carbocycles. The first-order chi connectivity index (χ1) is 25.5. The summed E-state index contributed by atoms with van der Waals surface area (Å²) < 4.78 is 1.91. The van der Waals surface area contributed by atoms with Crippen molar-refractivity contribution in [1.29, 1.82) is 0 Å². The Hall–Kier alpha value is -4.29. The Morgan fingerprint density at radius 2 is 1.74 bits per heavy atom. The monoisotopic (exact) mass is 725 g/mol. The Balaban J connectivity index is 1.50. The van der Waals surface area contributed by atoms with Crippen LogP contribution in [0.2, 0.25) is 0 Å². The summed E-state index contributed by atoms with van der Waals surface area (Å²) >= 11 is 0. The number of nitrogens with one attached hydrogen (secondary N) is 1. The molecule has 0 bridgehead atoms. The second-order valence-electron chi connectivity index (χ2n) is 15.5. The molecule has 0 aliphatic heterocycles. The third-order valence-electron chi connectivity index (χ3n) is 10.7. The molecule has 2 amide bonds. The molecule has 0 aromatic carbocycles. The van der Waals surface area contributed by atoms with Gasteiger partial charge in [0.15, 0.2) is 5.65 Å². The Morgan fingerprint density at radius 3 is 2.38 bits per heavy atom. The highest BCUT2D eigenvalue weighted by Gasteiger charge is 2.36. The zero-order valence-corrected chi connectivity index (χ0v) is 32.5. The van der Waals surface area contributed by atoms with Gasteiger partial charge in [0.2, 0.25) is 11.8 Å². The number of carbonyl (C=O) groups is 2. The highest BCUT2D eigenvalue weighted by atomic mass is 16.3. The fraction of sp³-hybridized carbons (Fsp3) is 0.585. The quantitative estimate of drug-likeness (QED) is 0.139. The molecule has 4 aromatic rings. The molecule has 1 aliphatic carbocycles. The maximum absolute atomic E-state index is 14.8. The van der Waals surface area contributed by atoms with E-state index in [-0.39, 0.29) is 30.1 Å². The fourth-order valence-electron chi connectivity index (χ4n) is 7.53. The fourth-order valence-corrected chi connectivity index (χ4v) is 7.53. The molecule has 0 saturated heterocycles. The summed E-state index contributed by atoms with van der Waals surface area (Å²) in [6.45, 7) is 7.53. The number of fused-ring (bicyclic) bond motifs is 1. The molecular weight excluding hydrogens is 667 g/mol. The van der Waals surface area contributed by atoms with Gasteiger partial charge in [0, 0.05) is 62.6 Å². The van der Waals surface area contributed by atoms with Gasteiger partial charge in [0.05, 0.1) is 23.5 Å². The normalized spacial score (nSPS) is 16.1. The number of aryl methyl sites for hydroxylation is 1. The van der Waals surface area contributed by atoms with Crippen molar-refractivity contribution in [3.8, 4) is 11.3 Å². The molecule has 4 atom stereocenters. The predicted octanol–water partition coefficient (Wildman–Crippen LogP) is 5.36. The Bertz CT molecular complexity index is 1740. The molecule has 1 fully saturated rings. The van der Waals surface area contributed by atoms with Crippen LogP contribution in [0.1, 0.15) is 95.1 Å². The van der Waals surface area contributed by atoms with Crippen molar-refractivity contribution in [3.05, 3.63) is 72.3 Å². The molecular formula is C41H59N9O3. The van der Waals surface area contributed by atoms with Crippen LogP contribution < -0.4 is 5.32 Å². The molecule has 286 valence electrons. The van der Waals surface area contributed by atoms with Crippen LogP contribution in [-0.2, 0) is 22.4 Å². The van der Waals surface area contributed by atoms with Gasteiger partial charge in [-0.15, -0.1) is 10.2 Å². The van der Waals surface area contributed by atoms with E-state index in [1.54, 1.807) is 29.7 Å². The van der Waals surface area contributed by atoms with Gasteiger partial charge in [-0.3, -0.25) is 24.0 Å². The molecule has 4 heterocycles. The summed E-state index contributed by atoms with van der Waals surface area (Å²) in [7, 11) is 5.82. The largest absolute Gasteiger partial charge is 0.391 e. The third kappa shape index (κ3) is 10.7. The van der Waals surface area contributed by atoms with Crippen LogP contribution in [-0.4, -0.2) is 103 Å². The van der Waals surface area contributed by atoms with E-state index in [9.17, 15) is 14.7 Å². The van der Waals surface area contributed by atoms with Gasteiger partial charge < -0.3 is 20.2 Å². The number of hydrogen-bond donors (Lipinski definition) is 2. The lowest BCUT2D eigenvalue weighted by atomic mass is 9.80. The summed E-state index contributed by atoms with van der Waals surface area (Å²) in [5.74, 6) is -0.446. The zero-order chi connectivity index (χ0) is 37.9. The van der Waals surface area contributed by atoms with Crippen molar-refractivity contribution >= 4 is 17.5 Å². The molecule has 1 aliphatic rings. The average Bonchev–Trinajstić information content (AvgIpc) is 3.59. The number of pyridine rings is 2. The highest BCUT2D eigenvalue weighted by molar-refractivity contribution is 5.84. The molecule has 12 heteroatoms. The van der Waals surface area contributed by atoms with Gasteiger partial charge in [-0.1, -0.05) is 65.4 Å². The molecule has 5 rings (SSSR count). The van der Waals surface area contributed by atoms with Crippen molar-refractivity contribution in [2.75, 3.05) is 34.2 Å². The number of carbonyl (C=O) groups excluding carboxylic acids is 2. The van der Waals surface area contributed by atoms with Crippen LogP contribution in [0, 0.1) is 17.8 Å². The lowest BCUT2D eigenvalue weighted by Crippen LogP contribution is -2.49. The summed E-state index contributed by atoms with van der Waals surface area (Å²) in [4.78, 5) is 45.9. The Kier molecular flexibility index (Phi) is 14.4. The first-order valence-electron chi connectivity index (χ1n) is 19.5. The average molecular weight is 726 g/mol. The SMILES string of the molecule is CCCc1nc(-c2cccnc2)cn2c(C(Cc3cccnc3)C(=O)NC(CC3CCCCC3)C(O)CC(C(=O)N(C)CCN(C)C)C(C)C)nnc12. The van der Waals surface area contributed by atoms with E-state index in [0.29, 0.717) is 43.2 Å². The maximum Gasteiger partial charge on any atom is 0.231 e. The number of amides is 2. The number of hydrogen-bond acceptors (Lipinski definition) is 9. The smallest absolute Gasteiger partial charge is 0.231 e. The lowest BCUT2D eigenvalue weighted by Gasteiger charge is -2.34. The number of likely N-dealkylation sites (N-methyl/N-ethyl adjacent to an activating group) is 2. The van der Waals surface area contributed by atoms with Gasteiger partial charge in [-0.05, 0) is 75.4 Å². The number of aliphatic hydroxyl groups is 1. The molecule has 4 unspecified atom stereocenters. The van der Waals surface area contributed by atoms with Gasteiger partial charge in [-0.2, -0.15) is 0 Å². The minimum absolute atomic E-state index is 0.0191. The molecule has 53 heavy (non-hydrogen) atoms. The van der Waals surface area contributed by atoms with Crippen molar-refractivity contribution < 1.29 is 14.7 Å². The van der Waals surface area contributed by atoms with E-state index in [1.807, 2.05) is 69.9 Å². The van der Waals surface area contributed by atoms with Crippen LogP contribution in [0.4, 0.5) is 0 Å². The number of nitrogens with zero attached hydrogens (tertiary/aromatic N) is 8. The van der Waals surface area contributed by atoms with Crippen molar-refractivity contribution in [3.63, 3.8) is 0 Å². The highest BCUT2D eigenvalue weighted by Crippen LogP contribution is 2.31. The van der Waals surface area contributed by atoms with Crippen molar-refractivity contribution in [2.45, 2.75) is 103 Å². The van der Waals surface area contributed by atoms with Gasteiger partial charge in [-0.25, -0.2) is 4.98 Å². The lowest BCUT2D eigenvalue weighted by molar-refractivity contribution is -0.137. The van der Waals surface area contributed by atoms with Gasteiger partial charge in [0.25, 0.3) is 0 Å². The second kappa shape index (κ2) is 19.2. The summed E-state index contributed by atoms with van der Waals surface area (Å²) in [6.07, 6.45) is 16.4. The van der Waals surface area contributed by atoms with Gasteiger partial charge in [0.1, 0.15) is 11.7 Å². The van der Waals surface area contributed by atoms with Crippen molar-refractivity contribution in [2.24, 2.45) is 17.8 Å². The summed E-state index contributed by atoms with van der Waals surface area (Å²) in [6, 6.07) is 7.13. The number of rotatable bonds is 18. The standard InChI is InChI=1S/C41H59N9O3/c1-7-13-34-39-47-46-38(50(39)27-36(44-34)31-17-12-19-43-26-31)33(22-30-16-11-18-42-25-30)40(52)45-35(23-29-14-9-8-10-15-29)37(51)24-32(28(2)3)41(53)49(6)21-20-48(4)5/h11-12,16-19,25-29,32-33,35,37,51H,7-10,13-15,20-24H2,1-6H3,(H,45,52). The van der Waals surface area contributed by atoms with E-state index in [4.69, 9.17) is 4.98 Å². The van der Waals surface area contributed by atoms with E-state index in [1.165, 1.54) is 6.42 Å². The molecule has 4 aromatic heterocycles. The summed E-state index contributed by atoms with van der Waals surface area (Å²) in [5, 5.41) is 24.6. The first-order valence-corrected chi connectivity index (χ1v) is 19.5. The Morgan fingerprint density at radius 1 is 1.00 bits per heavy atom. The van der Waals surface area contributed by atoms with Crippen LogP contribution in [0.25, 0.3) is 16.9 Å². The zero-order valence-electron chi connectivity index (χ0n) is 32.5. The minimum atomic E-state index is -0.911. The number of aliphatic hydroxyl groups excluding tert-OH is 1. The molecule has 0 radical (unpaired) electrons.